The molecule has 1 heterocycles. The monoisotopic (exact) mass is 537 g/mol. The molecule has 5 rings (SSSR count). The van der Waals surface area contributed by atoms with Gasteiger partial charge in [-0.25, -0.2) is 9.97 Å². The van der Waals surface area contributed by atoms with Crippen molar-refractivity contribution in [3.05, 3.63) is 102 Å². The quantitative estimate of drug-likeness (QED) is 0.172. The molecule has 0 fully saturated rings. The van der Waals surface area contributed by atoms with E-state index in [1.165, 1.54) is 11.9 Å². The number of amides is 1. The maximum Gasteiger partial charge on any atom is 0.255 e. The second kappa shape index (κ2) is 11.7. The van der Waals surface area contributed by atoms with Gasteiger partial charge in [0.1, 0.15) is 11.5 Å². The van der Waals surface area contributed by atoms with E-state index in [9.17, 15) is 4.79 Å². The highest BCUT2D eigenvalue weighted by Gasteiger charge is 2.13. The van der Waals surface area contributed by atoms with Crippen molar-refractivity contribution in [2.45, 2.75) is 11.8 Å². The van der Waals surface area contributed by atoms with Crippen molar-refractivity contribution < 1.29 is 14.3 Å². The Labute approximate surface area is 230 Å². The minimum atomic E-state index is -0.149. The van der Waals surface area contributed by atoms with Crippen LogP contribution in [0.2, 0.25) is 0 Å². The summed E-state index contributed by atoms with van der Waals surface area (Å²) >= 11 is 1.37. The summed E-state index contributed by atoms with van der Waals surface area (Å²) in [6.45, 7) is 1.92. The normalized spacial score (nSPS) is 10.6. The zero-order valence-corrected chi connectivity index (χ0v) is 22.5. The van der Waals surface area contributed by atoms with Crippen LogP contribution in [0.3, 0.4) is 0 Å². The second-order valence-electron chi connectivity index (χ2n) is 8.64. The fraction of sp³-hybridized carbons (Fsp3) is 0.100. The molecule has 0 aliphatic carbocycles. The molecule has 196 valence electrons. The van der Waals surface area contributed by atoms with Crippen LogP contribution in [0.5, 0.6) is 11.5 Å². The first-order chi connectivity index (χ1) is 19.0. The number of anilines is 4. The van der Waals surface area contributed by atoms with Gasteiger partial charge in [0.25, 0.3) is 5.91 Å². The molecule has 9 heteroatoms. The topological polar surface area (TPSA) is 97.4 Å². The molecule has 0 saturated heterocycles. The van der Waals surface area contributed by atoms with E-state index in [2.05, 4.69) is 15.4 Å². The molecule has 0 saturated carbocycles. The van der Waals surface area contributed by atoms with Gasteiger partial charge in [0, 0.05) is 40.0 Å². The summed E-state index contributed by atoms with van der Waals surface area (Å²) in [6.07, 6.45) is 0. The predicted molar refractivity (Wildman–Crippen MR) is 157 cm³/mol. The molecule has 0 aliphatic rings. The predicted octanol–water partition coefficient (Wildman–Crippen LogP) is 7.07. The lowest BCUT2D eigenvalue weighted by atomic mass is 10.1. The summed E-state index contributed by atoms with van der Waals surface area (Å²) in [6, 6.07) is 28.3. The van der Waals surface area contributed by atoms with Crippen molar-refractivity contribution >= 4 is 51.9 Å². The number of hydrogen-bond acceptors (Lipinski definition) is 8. The lowest BCUT2D eigenvalue weighted by molar-refractivity contribution is 0.102. The van der Waals surface area contributed by atoms with Gasteiger partial charge in [-0.1, -0.05) is 36.4 Å². The third-order valence-corrected chi connectivity index (χ3v) is 6.72. The summed E-state index contributed by atoms with van der Waals surface area (Å²) in [5.41, 5.74) is 4.52. The highest BCUT2D eigenvalue weighted by Crippen LogP contribution is 2.32. The molecule has 4 aromatic carbocycles. The number of nitrogens with zero attached hydrogens (tertiary/aromatic N) is 2. The number of aryl methyl sites for hydroxylation is 1. The summed E-state index contributed by atoms with van der Waals surface area (Å²) in [5.74, 6) is 2.25. The van der Waals surface area contributed by atoms with E-state index in [-0.39, 0.29) is 5.91 Å². The Bertz CT molecular complexity index is 1620. The first kappa shape index (κ1) is 25.9. The van der Waals surface area contributed by atoms with Crippen molar-refractivity contribution in [2.75, 3.05) is 29.6 Å². The van der Waals surface area contributed by atoms with Crippen molar-refractivity contribution in [2.24, 2.45) is 0 Å². The number of fused-ring (bicyclic) bond motifs is 1. The Balaban J connectivity index is 1.38. The molecule has 8 nitrogen and oxygen atoms in total. The van der Waals surface area contributed by atoms with Crippen LogP contribution in [-0.2, 0) is 0 Å². The Hall–Kier alpha value is -4.76. The molecule has 5 aromatic rings. The second-order valence-corrected chi connectivity index (χ2v) is 9.52. The highest BCUT2D eigenvalue weighted by atomic mass is 32.2. The van der Waals surface area contributed by atoms with E-state index in [4.69, 9.17) is 19.4 Å². The Morgan fingerprint density at radius 3 is 2.10 bits per heavy atom. The van der Waals surface area contributed by atoms with Crippen LogP contribution < -0.4 is 24.8 Å². The highest BCUT2D eigenvalue weighted by molar-refractivity contribution is 8.00. The molecule has 1 aromatic heterocycles. The minimum Gasteiger partial charge on any atom is -0.497 e. The smallest absolute Gasteiger partial charge is 0.255 e. The van der Waals surface area contributed by atoms with E-state index >= 15 is 0 Å². The number of carbonyl (C=O) groups is 1. The fourth-order valence-electron chi connectivity index (χ4n) is 3.95. The van der Waals surface area contributed by atoms with Gasteiger partial charge in [0.15, 0.2) is 11.6 Å². The molecule has 0 spiro atoms. The van der Waals surface area contributed by atoms with Gasteiger partial charge in [0.2, 0.25) is 0 Å². The van der Waals surface area contributed by atoms with Crippen LogP contribution >= 0.6 is 11.9 Å². The van der Waals surface area contributed by atoms with Gasteiger partial charge < -0.3 is 24.8 Å². The molecule has 0 unspecified atom stereocenters. The molecule has 3 N–H and O–H groups in total. The van der Waals surface area contributed by atoms with E-state index in [1.54, 1.807) is 20.3 Å². The van der Waals surface area contributed by atoms with Gasteiger partial charge in [-0.2, -0.15) is 0 Å². The van der Waals surface area contributed by atoms with Gasteiger partial charge in [-0.3, -0.25) is 4.79 Å². The lowest BCUT2D eigenvalue weighted by Gasteiger charge is -2.15. The van der Waals surface area contributed by atoms with Crippen LogP contribution in [0.15, 0.2) is 95.9 Å². The van der Waals surface area contributed by atoms with E-state index in [0.29, 0.717) is 34.4 Å². The lowest BCUT2D eigenvalue weighted by Crippen LogP contribution is -2.13. The molecule has 39 heavy (non-hydrogen) atoms. The molecular weight excluding hydrogens is 510 g/mol. The standard InChI is InChI=1S/C30H27N5O3S/c1-19-9-4-5-12-25(19)30(36)32-20-10-8-11-24(17-20)39-35-29-28(33-26-13-6-7-14-27(26)34-29)31-21-15-22(37-2)18-23(16-21)38-3/h4-18H,1-3H3,(H,31,33)(H,32,36)(H,34,35). The number of methoxy groups -OCH3 is 2. The van der Waals surface area contributed by atoms with Gasteiger partial charge >= 0.3 is 0 Å². The third-order valence-electron chi connectivity index (χ3n) is 5.93. The van der Waals surface area contributed by atoms with Gasteiger partial charge in [0.05, 0.1) is 25.3 Å². The number of benzene rings is 4. The largest absolute Gasteiger partial charge is 0.497 e. The molecule has 1 amide bonds. The fourth-order valence-corrected chi connectivity index (χ4v) is 4.63. The minimum absolute atomic E-state index is 0.149. The zero-order valence-electron chi connectivity index (χ0n) is 21.7. The number of nitrogens with one attached hydrogen (secondary N) is 3. The van der Waals surface area contributed by atoms with Crippen molar-refractivity contribution in [3.8, 4) is 11.5 Å². The molecule has 0 radical (unpaired) electrons. The van der Waals surface area contributed by atoms with E-state index in [0.717, 1.165) is 27.2 Å². The van der Waals surface area contributed by atoms with Crippen molar-refractivity contribution in [1.29, 1.82) is 0 Å². The van der Waals surface area contributed by atoms with Crippen LogP contribution in [0.25, 0.3) is 11.0 Å². The van der Waals surface area contributed by atoms with Gasteiger partial charge in [-0.15, -0.1) is 0 Å². The molecule has 0 bridgehead atoms. The van der Waals surface area contributed by atoms with Crippen LogP contribution in [0, 0.1) is 6.92 Å². The van der Waals surface area contributed by atoms with Crippen LogP contribution in [0.1, 0.15) is 15.9 Å². The maximum atomic E-state index is 12.8. The molecule has 0 atom stereocenters. The third kappa shape index (κ3) is 6.22. The maximum absolute atomic E-state index is 12.8. The SMILES string of the molecule is COc1cc(Nc2nc3ccccc3nc2NSc2cccc(NC(=O)c3ccccc3C)c2)cc(OC)c1. The average Bonchev–Trinajstić information content (AvgIpc) is 2.96. The number of rotatable bonds is 9. The number of ether oxygens (including phenoxy) is 2. The Kier molecular flexibility index (Phi) is 7.79. The van der Waals surface area contributed by atoms with Crippen molar-refractivity contribution in [3.63, 3.8) is 0 Å². The summed E-state index contributed by atoms with van der Waals surface area (Å²) in [4.78, 5) is 23.3. The zero-order chi connectivity index (χ0) is 27.2. The van der Waals surface area contributed by atoms with Crippen LogP contribution in [-0.4, -0.2) is 30.1 Å². The summed E-state index contributed by atoms with van der Waals surface area (Å²) in [7, 11) is 3.21. The van der Waals surface area contributed by atoms with Crippen LogP contribution in [0.4, 0.5) is 23.0 Å². The molecular formula is C30H27N5O3S. The Morgan fingerprint density at radius 1 is 0.744 bits per heavy atom. The number of carbonyl (C=O) groups excluding carboxylic acids is 1. The van der Waals surface area contributed by atoms with E-state index in [1.807, 2.05) is 91.9 Å². The van der Waals surface area contributed by atoms with Gasteiger partial charge in [-0.05, 0) is 60.8 Å². The van der Waals surface area contributed by atoms with E-state index < -0.39 is 0 Å². The number of hydrogen-bond donors (Lipinski definition) is 3. The Morgan fingerprint density at radius 2 is 1.41 bits per heavy atom. The first-order valence-corrected chi connectivity index (χ1v) is 13.0. The first-order valence-electron chi connectivity index (χ1n) is 12.2. The summed E-state index contributed by atoms with van der Waals surface area (Å²) < 4.78 is 14.1. The average molecular weight is 538 g/mol. The van der Waals surface area contributed by atoms with Crippen molar-refractivity contribution in [1.82, 2.24) is 9.97 Å². The number of aromatic nitrogens is 2. The summed E-state index contributed by atoms with van der Waals surface area (Å²) in [5, 5.41) is 6.33. The number of para-hydroxylation sites is 2. The molecule has 0 aliphatic heterocycles.